The highest BCUT2D eigenvalue weighted by atomic mass is 35.5. The summed E-state index contributed by atoms with van der Waals surface area (Å²) in [6.07, 6.45) is -2.76. The first-order valence-electron chi connectivity index (χ1n) is 12.9. The van der Waals surface area contributed by atoms with Crippen LogP contribution in [0.3, 0.4) is 0 Å². The van der Waals surface area contributed by atoms with Crippen LogP contribution in [0.2, 0.25) is 0 Å². The predicted molar refractivity (Wildman–Crippen MR) is 165 cm³/mol. The van der Waals surface area contributed by atoms with Crippen molar-refractivity contribution in [3.8, 4) is 0 Å². The molecule has 0 aromatic carbocycles. The van der Waals surface area contributed by atoms with Crippen LogP contribution in [0.4, 0.5) is 11.8 Å². The van der Waals surface area contributed by atoms with E-state index >= 15 is 0 Å². The Morgan fingerprint density at radius 1 is 1.29 bits per heavy atom. The zero-order valence-electron chi connectivity index (χ0n) is 23.9. The van der Waals surface area contributed by atoms with Gasteiger partial charge in [-0.2, -0.15) is 9.97 Å². The molecule has 0 unspecified atom stereocenters. The Kier molecular flexibility index (Phi) is 11.5. The van der Waals surface area contributed by atoms with Crippen molar-refractivity contribution in [3.05, 3.63) is 6.33 Å². The van der Waals surface area contributed by atoms with E-state index < -0.39 is 46.8 Å². The molecule has 236 valence electrons. The lowest BCUT2D eigenvalue weighted by atomic mass is 10.00. The largest absolute Gasteiger partial charge is 0.462 e. The number of thioether (sulfide) groups is 1. The highest BCUT2D eigenvalue weighted by molar-refractivity contribution is 8.13. The van der Waals surface area contributed by atoms with Crippen LogP contribution < -0.4 is 16.6 Å². The number of aromatic nitrogens is 4. The standard InChI is InChI=1S/C23H36Cl2N7O7PS2/c1-11(2)38-18(34)12(3)31-40(41,36-7-8-42-20(35)22(4,5)6)37-9-13-15(33)23(24,25)19(39-13)32-10-28-14-16(26)29-21(27)30-17(14)32/h10-13,15,19,33H,7-9H2,1-6H3,(H,31,41)(H4,26,27,29,30)/t12-,13+,15+,19+,40+/m0/s1. The van der Waals surface area contributed by atoms with E-state index in [1.54, 1.807) is 20.8 Å². The average Bonchev–Trinajstić information content (AvgIpc) is 3.37. The zero-order valence-corrected chi connectivity index (χ0v) is 28.0. The minimum Gasteiger partial charge on any atom is -0.462 e. The lowest BCUT2D eigenvalue weighted by Gasteiger charge is -2.28. The van der Waals surface area contributed by atoms with Crippen molar-refractivity contribution < 1.29 is 33.2 Å². The monoisotopic (exact) mass is 687 g/mol. The number of nitrogens with one attached hydrogen (secondary N) is 1. The van der Waals surface area contributed by atoms with Crippen molar-refractivity contribution in [2.24, 2.45) is 5.41 Å². The van der Waals surface area contributed by atoms with E-state index in [9.17, 15) is 14.7 Å². The molecular formula is C23H36Cl2N7O7PS2. The van der Waals surface area contributed by atoms with Gasteiger partial charge in [-0.3, -0.25) is 14.2 Å². The molecule has 3 rings (SSSR count). The normalized spacial score (nSPS) is 22.8. The maximum absolute atomic E-state index is 12.5. The van der Waals surface area contributed by atoms with Gasteiger partial charge >= 0.3 is 5.97 Å². The van der Waals surface area contributed by atoms with E-state index in [0.717, 1.165) is 11.8 Å². The molecule has 1 aliphatic rings. The van der Waals surface area contributed by atoms with Gasteiger partial charge in [0.15, 0.2) is 27.1 Å². The van der Waals surface area contributed by atoms with Gasteiger partial charge in [0.1, 0.15) is 23.8 Å². The number of rotatable bonds is 12. The molecule has 2 aromatic heterocycles. The van der Waals surface area contributed by atoms with Crippen LogP contribution in [0.25, 0.3) is 11.2 Å². The number of alkyl halides is 2. The van der Waals surface area contributed by atoms with Gasteiger partial charge in [0.25, 0.3) is 6.64 Å². The van der Waals surface area contributed by atoms with Gasteiger partial charge in [0.05, 0.1) is 25.6 Å². The molecule has 5 atom stereocenters. The minimum absolute atomic E-state index is 0.0166. The van der Waals surface area contributed by atoms with Gasteiger partial charge in [-0.15, -0.1) is 0 Å². The lowest BCUT2D eigenvalue weighted by molar-refractivity contribution is -0.149. The molecular weight excluding hydrogens is 652 g/mol. The molecule has 1 fully saturated rings. The van der Waals surface area contributed by atoms with Crippen LogP contribution in [0.5, 0.6) is 0 Å². The van der Waals surface area contributed by atoms with Gasteiger partial charge in [-0.05, 0) is 32.6 Å². The third kappa shape index (κ3) is 8.43. The second kappa shape index (κ2) is 13.8. The fourth-order valence-corrected chi connectivity index (χ4v) is 7.51. The van der Waals surface area contributed by atoms with Crippen molar-refractivity contribution in [1.29, 1.82) is 0 Å². The first kappa shape index (κ1) is 35.2. The number of fused-ring (bicyclic) bond motifs is 1. The molecule has 6 N–H and O–H groups in total. The number of halogens is 2. The lowest BCUT2D eigenvalue weighted by Crippen LogP contribution is -2.39. The SMILES string of the molecule is CC(C)OC(=O)[C@H](C)N[P@@](=S)(OCCSC(=O)C(C)(C)C)OC[C@H]1O[C@@H](n2cnc3c(N)nc(N)nc32)C(Cl)(Cl)[C@@H]1O. The summed E-state index contributed by atoms with van der Waals surface area (Å²) < 4.78 is 22.6. The Hall–Kier alpha value is -1.33. The minimum atomic E-state index is -3.42. The van der Waals surface area contributed by atoms with Crippen LogP contribution in [-0.2, 0) is 39.9 Å². The highest BCUT2D eigenvalue weighted by Crippen LogP contribution is 2.50. The molecule has 0 amide bonds. The summed E-state index contributed by atoms with van der Waals surface area (Å²) in [6.45, 7) is 6.74. The predicted octanol–water partition coefficient (Wildman–Crippen LogP) is 2.92. The van der Waals surface area contributed by atoms with E-state index in [-0.39, 0.29) is 47.4 Å². The second-order valence-corrected chi connectivity index (χ2v) is 16.5. The molecule has 19 heteroatoms. The molecule has 0 saturated carbocycles. The van der Waals surface area contributed by atoms with Gasteiger partial charge < -0.3 is 35.1 Å². The maximum atomic E-state index is 12.5. The van der Waals surface area contributed by atoms with Crippen molar-refractivity contribution in [2.45, 2.75) is 76.5 Å². The number of nitrogen functional groups attached to an aromatic ring is 2. The third-order valence-corrected chi connectivity index (χ3v) is 10.5. The molecule has 14 nitrogen and oxygen atoms in total. The van der Waals surface area contributed by atoms with Gasteiger partial charge in [0, 0.05) is 11.2 Å². The number of aliphatic hydroxyl groups is 1. The van der Waals surface area contributed by atoms with Crippen molar-refractivity contribution in [1.82, 2.24) is 24.6 Å². The number of aliphatic hydroxyl groups excluding tert-OH is 1. The van der Waals surface area contributed by atoms with Crippen LogP contribution in [0.1, 0.15) is 47.8 Å². The van der Waals surface area contributed by atoms with Crippen molar-refractivity contribution in [2.75, 3.05) is 30.4 Å². The first-order valence-corrected chi connectivity index (χ1v) is 17.2. The summed E-state index contributed by atoms with van der Waals surface area (Å²) in [5.74, 6) is -0.329. The number of hydrogen-bond donors (Lipinski definition) is 4. The Balaban J connectivity index is 1.76. The molecule has 42 heavy (non-hydrogen) atoms. The number of nitrogens with two attached hydrogens (primary N) is 2. The number of carbonyl (C=O) groups excluding carboxylic acids is 2. The van der Waals surface area contributed by atoms with Crippen molar-refractivity contribution >= 4 is 87.4 Å². The molecule has 1 saturated heterocycles. The second-order valence-electron chi connectivity index (χ2n) is 10.8. The Morgan fingerprint density at radius 3 is 2.57 bits per heavy atom. The smallest absolute Gasteiger partial charge is 0.323 e. The quantitative estimate of drug-likeness (QED) is 0.110. The van der Waals surface area contributed by atoms with Gasteiger partial charge in [-0.1, -0.05) is 55.7 Å². The molecule has 0 aliphatic carbocycles. The number of esters is 1. The number of hydrogen-bond acceptors (Lipinski definition) is 14. The summed E-state index contributed by atoms with van der Waals surface area (Å²) in [4.78, 5) is 37.0. The number of imidazole rings is 1. The summed E-state index contributed by atoms with van der Waals surface area (Å²) >= 11 is 19.9. The van der Waals surface area contributed by atoms with E-state index in [0.29, 0.717) is 5.75 Å². The summed E-state index contributed by atoms with van der Waals surface area (Å²) in [7, 11) is 0. The maximum Gasteiger partial charge on any atom is 0.323 e. The van der Waals surface area contributed by atoms with Crippen molar-refractivity contribution in [3.63, 3.8) is 0 Å². The number of anilines is 2. The Bertz CT molecular complexity index is 1340. The summed E-state index contributed by atoms with van der Waals surface area (Å²) in [6, 6.07) is -0.891. The highest BCUT2D eigenvalue weighted by Gasteiger charge is 2.56. The summed E-state index contributed by atoms with van der Waals surface area (Å²) in [5.41, 5.74) is 11.5. The average molecular weight is 689 g/mol. The number of nitrogens with zero attached hydrogens (tertiary/aromatic N) is 4. The molecule has 0 radical (unpaired) electrons. The van der Waals surface area contributed by atoms with Crippen LogP contribution >= 0.6 is 41.6 Å². The fourth-order valence-electron chi connectivity index (χ4n) is 3.65. The Morgan fingerprint density at radius 2 is 1.95 bits per heavy atom. The van der Waals surface area contributed by atoms with E-state index in [1.807, 2.05) is 20.8 Å². The topological polar surface area (TPSA) is 199 Å². The van der Waals surface area contributed by atoms with Gasteiger partial charge in [-0.25, -0.2) is 10.1 Å². The van der Waals surface area contributed by atoms with E-state index in [1.165, 1.54) is 10.9 Å². The Labute approximate surface area is 263 Å². The molecule has 0 bridgehead atoms. The van der Waals surface area contributed by atoms with Gasteiger partial charge in [0.2, 0.25) is 5.95 Å². The third-order valence-electron chi connectivity index (χ3n) is 5.75. The fraction of sp³-hybridized carbons (Fsp3) is 0.696. The number of carbonyl (C=O) groups is 2. The molecule has 2 aromatic rings. The molecule has 3 heterocycles. The molecule has 1 aliphatic heterocycles. The van der Waals surface area contributed by atoms with Crippen LogP contribution in [0.15, 0.2) is 6.33 Å². The van der Waals surface area contributed by atoms with Crippen LogP contribution in [0, 0.1) is 5.41 Å². The zero-order chi connectivity index (χ0) is 31.6. The molecule has 0 spiro atoms. The summed E-state index contributed by atoms with van der Waals surface area (Å²) in [5, 5.41) is 13.9. The van der Waals surface area contributed by atoms with E-state index in [4.69, 9.17) is 65.0 Å². The first-order chi connectivity index (χ1) is 19.4. The van der Waals surface area contributed by atoms with E-state index in [2.05, 4.69) is 20.0 Å². The van der Waals surface area contributed by atoms with Crippen LogP contribution in [-0.4, -0.2) is 83.4 Å². The number of ether oxygens (including phenoxy) is 2.